The van der Waals surface area contributed by atoms with Crippen molar-refractivity contribution >= 4 is 27.5 Å². The van der Waals surface area contributed by atoms with Gasteiger partial charge in [-0.1, -0.05) is 58.4 Å². The van der Waals surface area contributed by atoms with Gasteiger partial charge in [0.05, 0.1) is 5.57 Å². The fourth-order valence-electron chi connectivity index (χ4n) is 5.57. The average molecular weight is 459 g/mol. The van der Waals surface area contributed by atoms with Gasteiger partial charge in [0.15, 0.2) is 11.6 Å². The number of halogens is 1. The number of fused-ring (bicyclic) bond motifs is 2. The van der Waals surface area contributed by atoms with Crippen molar-refractivity contribution < 1.29 is 9.59 Å². The van der Waals surface area contributed by atoms with Gasteiger partial charge >= 0.3 is 0 Å². The number of carbonyl (C=O) groups excluding carboxylic acids is 2. The Morgan fingerprint density at radius 2 is 1.67 bits per heavy atom. The van der Waals surface area contributed by atoms with Crippen LogP contribution in [0.3, 0.4) is 0 Å². The SMILES string of the molecule is N#CC1=C(N)C2(C(=O)c3ccccc3C2=O)C(c2ccc(Br)cc2)C2CCCC=C12. The van der Waals surface area contributed by atoms with Crippen LogP contribution < -0.4 is 5.73 Å². The second-order valence-corrected chi connectivity index (χ2v) is 9.05. The molecule has 0 bridgehead atoms. The van der Waals surface area contributed by atoms with Gasteiger partial charge in [-0.15, -0.1) is 0 Å². The molecule has 2 aromatic carbocycles. The minimum Gasteiger partial charge on any atom is -0.400 e. The zero-order valence-corrected chi connectivity index (χ0v) is 17.8. The van der Waals surface area contributed by atoms with Gasteiger partial charge in [0.25, 0.3) is 0 Å². The van der Waals surface area contributed by atoms with Gasteiger partial charge in [-0.05, 0) is 48.4 Å². The van der Waals surface area contributed by atoms with E-state index < -0.39 is 11.3 Å². The summed E-state index contributed by atoms with van der Waals surface area (Å²) in [6, 6.07) is 16.9. The molecular weight excluding hydrogens is 440 g/mol. The van der Waals surface area contributed by atoms with Gasteiger partial charge in [-0.25, -0.2) is 0 Å². The molecule has 1 spiro atoms. The van der Waals surface area contributed by atoms with E-state index in [0.717, 1.165) is 34.9 Å². The Balaban J connectivity index is 1.87. The van der Waals surface area contributed by atoms with Crippen LogP contribution in [0.25, 0.3) is 0 Å². The van der Waals surface area contributed by atoms with Crippen molar-refractivity contribution in [2.75, 3.05) is 0 Å². The van der Waals surface area contributed by atoms with Crippen molar-refractivity contribution in [1.29, 1.82) is 5.26 Å². The van der Waals surface area contributed by atoms with Crippen LogP contribution in [-0.2, 0) is 0 Å². The van der Waals surface area contributed by atoms with Gasteiger partial charge in [0.1, 0.15) is 11.5 Å². The molecule has 4 nitrogen and oxygen atoms in total. The number of nitrogens with two attached hydrogens (primary N) is 1. The molecule has 3 aliphatic rings. The summed E-state index contributed by atoms with van der Waals surface area (Å²) in [6.45, 7) is 0. The van der Waals surface area contributed by atoms with Gasteiger partial charge in [0.2, 0.25) is 0 Å². The lowest BCUT2D eigenvalue weighted by Crippen LogP contribution is -2.51. The van der Waals surface area contributed by atoms with E-state index >= 15 is 0 Å². The monoisotopic (exact) mass is 458 g/mol. The highest BCUT2D eigenvalue weighted by Gasteiger charge is 2.64. The van der Waals surface area contributed by atoms with Crippen LogP contribution in [0.1, 0.15) is 51.5 Å². The van der Waals surface area contributed by atoms with E-state index in [2.05, 4.69) is 28.1 Å². The Bertz CT molecular complexity index is 1170. The Morgan fingerprint density at radius 1 is 1.03 bits per heavy atom. The predicted octanol–water partition coefficient (Wildman–Crippen LogP) is 5.07. The molecule has 0 saturated carbocycles. The smallest absolute Gasteiger partial charge is 0.184 e. The van der Waals surface area contributed by atoms with Gasteiger partial charge in [-0.3, -0.25) is 9.59 Å². The molecule has 0 heterocycles. The van der Waals surface area contributed by atoms with Crippen molar-refractivity contribution in [3.63, 3.8) is 0 Å². The lowest BCUT2D eigenvalue weighted by molar-refractivity contribution is 0.0659. The van der Waals surface area contributed by atoms with E-state index in [-0.39, 0.29) is 23.2 Å². The maximum atomic E-state index is 13.9. The minimum absolute atomic E-state index is 0.105. The first-order chi connectivity index (χ1) is 14.5. The standard InChI is InChI=1S/C25H19BrN2O2/c26-15-11-9-14(10-12-15)21-17-6-2-1-5-16(17)20(13-27)22(28)25(21)23(29)18-7-3-4-8-19(18)24(25)30/h3-5,7-12,17,21H,1-2,6,28H2. The fraction of sp³-hybridized carbons (Fsp3) is 0.240. The number of nitriles is 1. The highest BCUT2D eigenvalue weighted by Crippen LogP contribution is 2.60. The van der Waals surface area contributed by atoms with Crippen molar-refractivity contribution in [2.45, 2.75) is 25.2 Å². The summed E-state index contributed by atoms with van der Waals surface area (Å²) in [6.07, 6.45) is 4.69. The largest absolute Gasteiger partial charge is 0.400 e. The van der Waals surface area contributed by atoms with Gasteiger partial charge < -0.3 is 5.73 Å². The Morgan fingerprint density at radius 3 is 2.27 bits per heavy atom. The van der Waals surface area contributed by atoms with Crippen LogP contribution in [-0.4, -0.2) is 11.6 Å². The Hall–Kier alpha value is -2.97. The lowest BCUT2D eigenvalue weighted by Gasteiger charge is -2.46. The molecule has 3 aliphatic carbocycles. The Labute approximate surface area is 183 Å². The third-order valence-electron chi connectivity index (χ3n) is 6.81. The van der Waals surface area contributed by atoms with Crippen LogP contribution >= 0.6 is 15.9 Å². The maximum absolute atomic E-state index is 13.9. The topological polar surface area (TPSA) is 83.9 Å². The number of Topliss-reactive ketones (excluding diaryl/α,β-unsaturated/α-hetero) is 2. The number of hydrogen-bond acceptors (Lipinski definition) is 4. The molecule has 0 aromatic heterocycles. The second-order valence-electron chi connectivity index (χ2n) is 8.14. The summed E-state index contributed by atoms with van der Waals surface area (Å²) in [5.74, 6) is -1.12. The fourth-order valence-corrected chi connectivity index (χ4v) is 5.83. The first kappa shape index (κ1) is 19.0. The molecular formula is C25H19BrN2O2. The van der Waals surface area contributed by atoms with Crippen molar-refractivity contribution in [1.82, 2.24) is 0 Å². The summed E-state index contributed by atoms with van der Waals surface area (Å²) in [7, 11) is 0. The summed E-state index contributed by atoms with van der Waals surface area (Å²) in [5, 5.41) is 9.97. The van der Waals surface area contributed by atoms with Crippen LogP contribution in [0.15, 0.2) is 75.9 Å². The molecule has 0 fully saturated rings. The normalized spacial score (nSPS) is 24.3. The van der Waals surface area contributed by atoms with Gasteiger partial charge in [0, 0.05) is 27.2 Å². The number of ketones is 2. The first-order valence-electron chi connectivity index (χ1n) is 10.1. The number of hydrogen-bond donors (Lipinski definition) is 1. The molecule has 5 rings (SSSR count). The molecule has 0 radical (unpaired) electrons. The van der Waals surface area contributed by atoms with E-state index in [9.17, 15) is 14.9 Å². The zero-order valence-electron chi connectivity index (χ0n) is 16.2. The third-order valence-corrected chi connectivity index (χ3v) is 7.34. The first-order valence-corrected chi connectivity index (χ1v) is 10.9. The maximum Gasteiger partial charge on any atom is 0.184 e. The molecule has 2 N–H and O–H groups in total. The second kappa shape index (κ2) is 6.78. The van der Waals surface area contributed by atoms with E-state index in [1.807, 2.05) is 24.3 Å². The number of allylic oxidation sites excluding steroid dienone is 4. The van der Waals surface area contributed by atoms with E-state index in [1.54, 1.807) is 24.3 Å². The average Bonchev–Trinajstić information content (AvgIpc) is 2.99. The number of benzene rings is 2. The number of carbonyl (C=O) groups is 2. The van der Waals surface area contributed by atoms with Crippen LogP contribution in [0.2, 0.25) is 0 Å². The van der Waals surface area contributed by atoms with Crippen molar-refractivity contribution in [3.05, 3.63) is 92.6 Å². The number of nitrogens with zero attached hydrogens (tertiary/aromatic N) is 1. The quantitative estimate of drug-likeness (QED) is 0.604. The molecule has 2 unspecified atom stereocenters. The van der Waals surface area contributed by atoms with Crippen LogP contribution in [0.4, 0.5) is 0 Å². The van der Waals surface area contributed by atoms with E-state index in [0.29, 0.717) is 16.7 Å². The highest BCUT2D eigenvalue weighted by molar-refractivity contribution is 9.10. The minimum atomic E-state index is -1.57. The molecule has 30 heavy (non-hydrogen) atoms. The summed E-state index contributed by atoms with van der Waals surface area (Å²) < 4.78 is 0.920. The molecule has 0 aliphatic heterocycles. The summed E-state index contributed by atoms with van der Waals surface area (Å²) >= 11 is 3.47. The zero-order chi connectivity index (χ0) is 21.0. The molecule has 5 heteroatoms. The van der Waals surface area contributed by atoms with E-state index in [4.69, 9.17) is 5.73 Å². The Kier molecular flexibility index (Phi) is 4.30. The summed E-state index contributed by atoms with van der Waals surface area (Å²) in [5.41, 5.74) is 8.04. The molecule has 148 valence electrons. The molecule has 2 aromatic rings. The van der Waals surface area contributed by atoms with Crippen molar-refractivity contribution in [2.24, 2.45) is 17.1 Å². The number of rotatable bonds is 1. The summed E-state index contributed by atoms with van der Waals surface area (Å²) in [4.78, 5) is 27.8. The molecule has 0 saturated heterocycles. The predicted molar refractivity (Wildman–Crippen MR) is 117 cm³/mol. The molecule has 2 atom stereocenters. The van der Waals surface area contributed by atoms with Crippen LogP contribution in [0, 0.1) is 22.7 Å². The lowest BCUT2D eigenvalue weighted by atomic mass is 9.54. The van der Waals surface area contributed by atoms with Gasteiger partial charge in [-0.2, -0.15) is 5.26 Å². The van der Waals surface area contributed by atoms with E-state index in [1.165, 1.54) is 0 Å². The van der Waals surface area contributed by atoms with Crippen molar-refractivity contribution in [3.8, 4) is 6.07 Å². The highest BCUT2D eigenvalue weighted by atomic mass is 79.9. The van der Waals surface area contributed by atoms with Crippen LogP contribution in [0.5, 0.6) is 0 Å². The third kappa shape index (κ3) is 2.31. The molecule has 0 amide bonds.